The van der Waals surface area contributed by atoms with Crippen LogP contribution in [0.15, 0.2) is 81.1 Å². The van der Waals surface area contributed by atoms with Crippen molar-refractivity contribution in [3.8, 4) is 0 Å². The summed E-state index contributed by atoms with van der Waals surface area (Å²) in [5.41, 5.74) is 15.5. The molecule has 1 aromatic carbocycles. The number of H-pyrrole nitrogens is 4. The fourth-order valence-corrected chi connectivity index (χ4v) is 13.1. The van der Waals surface area contributed by atoms with Crippen LogP contribution in [0.5, 0.6) is 0 Å². The highest BCUT2D eigenvalue weighted by Gasteiger charge is 2.55. The number of carbonyl (C=O) groups excluding carboxylic acids is 11. The SMILES string of the molecule is CC(=O)OC1[C@@H](OC(C)=O)[C@@H](CO)O[C@H]1n1cnc2c(=O)[nH]cnc21.CC(=O)OC1[C@@H](OC(C)=O)[C@@H](COC(=O)c2ccccc2)O[C@H]1n1cnc2c(=O)[nH]c(N)nc21.CC(=O)OC[C@H]1O[C@@H](n2cnc3c(=O)[nH]c(N)nc32)C(OC(C)=O)[C@H]1OC(C)=O.CCCCCC(=O)OC[C@H]1O[C@@H](n2cnc3c(=O)[nH]c(N)nc32)C(OC(C)=O)[C@H]1OC(C)=O. The number of carbonyl (C=O) groups is 11. The second-order valence-corrected chi connectivity index (χ2v) is 26.8. The van der Waals surface area contributed by atoms with Crippen molar-refractivity contribution >= 4 is 128 Å². The third-order valence-electron chi connectivity index (χ3n) is 17.8. The van der Waals surface area contributed by atoms with Gasteiger partial charge >= 0.3 is 65.7 Å². The van der Waals surface area contributed by atoms with Crippen LogP contribution in [0.25, 0.3) is 44.7 Å². The summed E-state index contributed by atoms with van der Waals surface area (Å²) in [5.74, 6) is -7.27. The second kappa shape index (κ2) is 39.5. The molecule has 11 N–H and O–H groups in total. The largest absolute Gasteiger partial charge is 0.463 e. The highest BCUT2D eigenvalue weighted by atomic mass is 16.7. The number of aromatic amines is 4. The Labute approximate surface area is 678 Å². The van der Waals surface area contributed by atoms with Crippen molar-refractivity contribution in [1.29, 1.82) is 0 Å². The lowest BCUT2D eigenvalue weighted by molar-refractivity contribution is -0.166. The number of fused-ring (bicyclic) bond motifs is 4. The van der Waals surface area contributed by atoms with Gasteiger partial charge in [-0.05, 0) is 18.6 Å². The molecule has 121 heavy (non-hydrogen) atoms. The van der Waals surface area contributed by atoms with Gasteiger partial charge in [-0.15, -0.1) is 0 Å². The smallest absolute Gasteiger partial charge is 0.338 e. The summed E-state index contributed by atoms with van der Waals surface area (Å²) in [6.07, 6.45) is -7.80. The maximum atomic E-state index is 12.4. The number of rotatable bonds is 24. The molecule has 4 fully saturated rings. The summed E-state index contributed by atoms with van der Waals surface area (Å²) in [6.45, 7) is 11.4. The Morgan fingerprint density at radius 2 is 0.711 bits per heavy atom. The van der Waals surface area contributed by atoms with Gasteiger partial charge in [-0.1, -0.05) is 38.0 Å². The lowest BCUT2D eigenvalue weighted by atomic mass is 10.1. The molecule has 0 spiro atoms. The number of unbranched alkanes of at least 4 members (excludes halogenated alkanes) is 2. The number of esters is 11. The van der Waals surface area contributed by atoms with Crippen molar-refractivity contribution in [1.82, 2.24) is 78.1 Å². The summed E-state index contributed by atoms with van der Waals surface area (Å²) in [7, 11) is 0. The molecule has 648 valence electrons. The lowest BCUT2D eigenvalue weighted by Crippen LogP contribution is -2.40. The van der Waals surface area contributed by atoms with Crippen LogP contribution >= 0.6 is 0 Å². The summed E-state index contributed by atoms with van der Waals surface area (Å²) in [6, 6.07) is 8.28. The number of nitrogens with two attached hydrogens (primary N) is 3. The van der Waals surface area contributed by atoms with Crippen LogP contribution < -0.4 is 39.4 Å². The standard InChI is InChI=1S/C21H21N5O8.C20H27N5O8.C16H19N5O8.C14H16N4O7/c1-10(27)32-15-13(8-31-20(30)12-6-4-3-5-7-12)34-19(16(15)33-11(2)28)26-9-23-14-17(26)24-21(22)25-18(14)29;1-4-5-6-7-13(28)30-8-12-15(31-10(2)26)16(32-11(3)27)19(33-12)25-9-22-14-17(25)23-20(21)24-18(14)29;1-6(22)26-4-9-11(27-7(2)23)12(28-8(3)24)15(29-9)21-5-18-10-13(21)19-16(17)20-14(10)25;1-6(20)23-10-8(3-19)25-14(11(10)24-7(2)21)18-5-17-9-12(18)15-4-16-13(9)22/h3-7,9,13,15-16,19H,8H2,1-2H3,(H3,22,24,25,29);9,12,15-16,19H,4-8H2,1-3H3,(H3,21,23,24,29);5,9,11-12,15H,4H2,1-3H3,(H3,17,19,20,25);4-5,8,10-11,14,19H,3H2,1-2H3,(H,15,16,22)/t13-,15+,16?,19-;12-,15+,16?,19-;9-,11+,12?,15-;8-,10+,11?,14-/m1111/s1. The molecule has 13 rings (SSSR count). The van der Waals surface area contributed by atoms with Gasteiger partial charge in [0.2, 0.25) is 17.8 Å². The van der Waals surface area contributed by atoms with Crippen LogP contribution in [0, 0.1) is 0 Å². The van der Waals surface area contributed by atoms with Gasteiger partial charge in [0.1, 0.15) is 44.2 Å². The topological polar surface area (TPSA) is 679 Å². The molecule has 12 heterocycles. The van der Waals surface area contributed by atoms with Crippen molar-refractivity contribution in [3.05, 3.63) is 109 Å². The zero-order chi connectivity index (χ0) is 88.0. The van der Waals surface area contributed by atoms with Crippen molar-refractivity contribution in [2.75, 3.05) is 43.6 Å². The van der Waals surface area contributed by atoms with Crippen molar-refractivity contribution in [3.63, 3.8) is 0 Å². The number of nitrogens with one attached hydrogen (secondary N) is 4. The number of anilines is 3. The van der Waals surface area contributed by atoms with E-state index >= 15 is 0 Å². The summed E-state index contributed by atoms with van der Waals surface area (Å²) >= 11 is 0. The minimum atomic E-state index is -1.17. The molecule has 4 aliphatic heterocycles. The minimum Gasteiger partial charge on any atom is -0.463 e. The number of aliphatic hydroxyl groups is 1. The van der Waals surface area contributed by atoms with Gasteiger partial charge < -0.3 is 98.3 Å². The van der Waals surface area contributed by atoms with E-state index < -0.39 is 193 Å². The Hall–Kier alpha value is -14.0. The van der Waals surface area contributed by atoms with Gasteiger partial charge in [0.05, 0.1) is 43.8 Å². The molecule has 0 amide bonds. The number of ether oxygens (including phenoxy) is 15. The molecule has 50 nitrogen and oxygen atoms in total. The van der Waals surface area contributed by atoms with Crippen LogP contribution in [-0.4, -0.2) is 249 Å². The maximum Gasteiger partial charge on any atom is 0.338 e. The number of hydrogen-bond donors (Lipinski definition) is 8. The molecule has 4 aliphatic rings. The Kier molecular flexibility index (Phi) is 29.2. The molecule has 4 saturated heterocycles. The Bertz CT molecular complexity index is 5580. The van der Waals surface area contributed by atoms with E-state index in [-0.39, 0.29) is 88.7 Å². The van der Waals surface area contributed by atoms with E-state index in [0.717, 1.165) is 12.8 Å². The molecule has 9 aromatic rings. The van der Waals surface area contributed by atoms with Crippen molar-refractivity contribution in [2.45, 2.75) is 193 Å². The fraction of sp³-hybridized carbons (Fsp3) is 0.479. The Morgan fingerprint density at radius 3 is 1.05 bits per heavy atom. The first-order valence-corrected chi connectivity index (χ1v) is 36.7. The number of aliphatic hydroxyl groups excluding tert-OH is 1. The maximum absolute atomic E-state index is 12.4. The molecule has 16 atom stereocenters. The van der Waals surface area contributed by atoms with E-state index in [9.17, 15) is 77.0 Å². The van der Waals surface area contributed by atoms with E-state index in [0.29, 0.717) is 12.0 Å². The van der Waals surface area contributed by atoms with E-state index in [1.807, 2.05) is 6.92 Å². The van der Waals surface area contributed by atoms with Crippen molar-refractivity contribution < 1.29 is 129 Å². The average Bonchev–Trinajstić information content (AvgIpc) is 1.63. The van der Waals surface area contributed by atoms with Crippen LogP contribution in [0.2, 0.25) is 0 Å². The summed E-state index contributed by atoms with van der Waals surface area (Å²) < 4.78 is 87.3. The summed E-state index contributed by atoms with van der Waals surface area (Å²) in [4.78, 5) is 219. The molecule has 4 unspecified atom stereocenters. The quantitative estimate of drug-likeness (QED) is 0.0200. The second-order valence-electron chi connectivity index (χ2n) is 26.8. The number of nitrogen functional groups attached to an aromatic ring is 3. The fourth-order valence-electron chi connectivity index (χ4n) is 13.1. The molecule has 0 aliphatic carbocycles. The minimum absolute atomic E-state index is 0.00999. The first-order valence-electron chi connectivity index (χ1n) is 36.7. The van der Waals surface area contributed by atoms with Gasteiger partial charge in [-0.2, -0.15) is 15.0 Å². The Balaban J connectivity index is 0.000000170. The number of hydrogen-bond acceptors (Lipinski definition) is 42. The van der Waals surface area contributed by atoms with Crippen LogP contribution in [-0.2, 0) is 119 Å². The van der Waals surface area contributed by atoms with E-state index in [1.165, 1.54) is 112 Å². The Morgan fingerprint density at radius 1 is 0.397 bits per heavy atom. The van der Waals surface area contributed by atoms with Crippen molar-refractivity contribution in [2.24, 2.45) is 0 Å². The molecule has 50 heteroatoms. The van der Waals surface area contributed by atoms with Gasteiger partial charge in [-0.25, -0.2) is 29.7 Å². The number of benzene rings is 1. The van der Waals surface area contributed by atoms with Crippen LogP contribution in [0.3, 0.4) is 0 Å². The third kappa shape index (κ3) is 21.7. The van der Waals surface area contributed by atoms with E-state index in [4.69, 9.17) is 88.3 Å². The lowest BCUT2D eigenvalue weighted by Gasteiger charge is -2.23. The van der Waals surface area contributed by atoms with E-state index in [1.54, 1.807) is 30.3 Å². The molecule has 0 saturated carbocycles. The highest BCUT2D eigenvalue weighted by molar-refractivity contribution is 5.89. The molecular weight excluding hydrogens is 1610 g/mol. The average molecular weight is 1700 g/mol. The molecule has 8 aromatic heterocycles. The summed E-state index contributed by atoms with van der Waals surface area (Å²) in [5, 5.41) is 9.52. The highest BCUT2D eigenvalue weighted by Crippen LogP contribution is 2.40. The predicted molar refractivity (Wildman–Crippen MR) is 401 cm³/mol. The molecule has 0 bridgehead atoms. The van der Waals surface area contributed by atoms with Gasteiger partial charge in [0, 0.05) is 68.7 Å². The van der Waals surface area contributed by atoms with Crippen LogP contribution in [0.4, 0.5) is 17.8 Å². The zero-order valence-corrected chi connectivity index (χ0v) is 66.0. The normalized spacial score (nSPS) is 23.2. The van der Waals surface area contributed by atoms with Crippen LogP contribution in [0.1, 0.15) is 130 Å². The number of aromatic nitrogens is 16. The first kappa shape index (κ1) is 89.3. The predicted octanol–water partition coefficient (Wildman–Crippen LogP) is -1.20. The van der Waals surface area contributed by atoms with Gasteiger partial charge in [0.25, 0.3) is 22.2 Å². The molecular formula is C71H83N19O31. The van der Waals surface area contributed by atoms with Gasteiger partial charge in [-0.3, -0.25) is 100 Å². The first-order chi connectivity index (χ1) is 57.5. The zero-order valence-electron chi connectivity index (χ0n) is 66.0. The van der Waals surface area contributed by atoms with Gasteiger partial charge in [0.15, 0.2) is 118 Å². The molecule has 0 radical (unpaired) electrons. The third-order valence-corrected chi connectivity index (χ3v) is 17.8. The number of imidazole rings is 4. The van der Waals surface area contributed by atoms with E-state index in [2.05, 4.69) is 59.8 Å². The number of nitrogens with zero attached hydrogens (tertiary/aromatic N) is 12. The monoisotopic (exact) mass is 1700 g/mol.